The molecule has 0 atom stereocenters. The average Bonchev–Trinajstić information content (AvgIpc) is 3.21. The Morgan fingerprint density at radius 1 is 1.09 bits per heavy atom. The van der Waals surface area contributed by atoms with Gasteiger partial charge in [-0.25, -0.2) is 22.9 Å². The molecule has 3 rings (SSSR count). The molecule has 3 aromatic rings. The van der Waals surface area contributed by atoms with E-state index in [4.69, 9.17) is 10.5 Å². The highest BCUT2D eigenvalue weighted by Crippen LogP contribution is 2.36. The van der Waals surface area contributed by atoms with Crippen LogP contribution in [0.4, 0.5) is 10.5 Å². The summed E-state index contributed by atoms with van der Waals surface area (Å²) in [5.41, 5.74) is 6.52. The Morgan fingerprint density at radius 2 is 1.74 bits per heavy atom. The number of hydrogen-bond acceptors (Lipinski definition) is 7. The van der Waals surface area contributed by atoms with Crippen LogP contribution in [0, 0.1) is 0 Å². The van der Waals surface area contributed by atoms with E-state index in [1.165, 1.54) is 23.5 Å². The number of nitrogens with zero attached hydrogens (tertiary/aromatic N) is 1. The van der Waals surface area contributed by atoms with Crippen molar-refractivity contribution in [3.05, 3.63) is 54.2 Å². The molecule has 11 heteroatoms. The second-order valence-electron chi connectivity index (χ2n) is 9.12. The van der Waals surface area contributed by atoms with Crippen molar-refractivity contribution < 1.29 is 22.7 Å². The number of primary amides is 1. The minimum absolute atomic E-state index is 0.0536. The highest BCUT2D eigenvalue weighted by molar-refractivity contribution is 7.89. The predicted molar refractivity (Wildman–Crippen MR) is 137 cm³/mol. The molecule has 4 N–H and O–H groups in total. The van der Waals surface area contributed by atoms with Crippen LogP contribution in [0.1, 0.15) is 45.0 Å². The number of benzene rings is 2. The van der Waals surface area contributed by atoms with E-state index in [0.717, 1.165) is 5.56 Å². The molecule has 2 amide bonds. The molecule has 0 spiro atoms. The van der Waals surface area contributed by atoms with Gasteiger partial charge in [-0.3, -0.25) is 10.1 Å². The zero-order chi connectivity index (χ0) is 26.0. The van der Waals surface area contributed by atoms with Gasteiger partial charge in [0, 0.05) is 34.1 Å². The Morgan fingerprint density at radius 3 is 2.31 bits per heavy atom. The van der Waals surface area contributed by atoms with Crippen molar-refractivity contribution in [1.29, 1.82) is 0 Å². The van der Waals surface area contributed by atoms with Crippen molar-refractivity contribution in [1.82, 2.24) is 9.71 Å². The standard InChI is InChI=1S/C24H28N4O5S2/c1-14(2)33-23(30)27-17-9-6-15(7-10-17)22-26-13-19(34-22)18-11-8-16(21(25)29)12-20(18)35(31,32)28-24(3,4)5/h6-14,28H,1-5H3,(H2,25,29)(H,27,30). The number of carbonyl (C=O) groups excluding carboxylic acids is 2. The molecule has 35 heavy (non-hydrogen) atoms. The average molecular weight is 517 g/mol. The van der Waals surface area contributed by atoms with Gasteiger partial charge < -0.3 is 10.5 Å². The van der Waals surface area contributed by atoms with E-state index >= 15 is 0 Å². The summed E-state index contributed by atoms with van der Waals surface area (Å²) in [6.45, 7) is 8.72. The quantitative estimate of drug-likeness (QED) is 0.419. The number of nitrogens with one attached hydrogen (secondary N) is 2. The summed E-state index contributed by atoms with van der Waals surface area (Å²) in [4.78, 5) is 28.5. The zero-order valence-electron chi connectivity index (χ0n) is 20.1. The Bertz CT molecular complexity index is 1340. The summed E-state index contributed by atoms with van der Waals surface area (Å²) < 4.78 is 34.0. The van der Waals surface area contributed by atoms with Crippen LogP contribution in [0.5, 0.6) is 0 Å². The van der Waals surface area contributed by atoms with Gasteiger partial charge in [0.2, 0.25) is 15.9 Å². The van der Waals surface area contributed by atoms with Crippen molar-refractivity contribution in [2.45, 2.75) is 51.2 Å². The Kier molecular flexibility index (Phi) is 7.63. The molecule has 0 unspecified atom stereocenters. The highest BCUT2D eigenvalue weighted by Gasteiger charge is 2.27. The van der Waals surface area contributed by atoms with E-state index < -0.39 is 27.6 Å². The fourth-order valence-corrected chi connectivity index (χ4v) is 5.84. The summed E-state index contributed by atoms with van der Waals surface area (Å²) in [5.74, 6) is -0.722. The van der Waals surface area contributed by atoms with E-state index in [9.17, 15) is 18.0 Å². The molecule has 0 saturated heterocycles. The lowest BCUT2D eigenvalue weighted by Crippen LogP contribution is -2.40. The molecule has 0 aliphatic rings. The summed E-state index contributed by atoms with van der Waals surface area (Å²) >= 11 is 1.30. The Hall–Kier alpha value is -3.28. The smallest absolute Gasteiger partial charge is 0.411 e. The number of anilines is 1. The first-order chi connectivity index (χ1) is 16.2. The molecule has 1 heterocycles. The van der Waals surface area contributed by atoms with E-state index in [2.05, 4.69) is 15.0 Å². The molecule has 2 aromatic carbocycles. The Balaban J connectivity index is 1.94. The number of hydrogen-bond donors (Lipinski definition) is 3. The summed E-state index contributed by atoms with van der Waals surface area (Å²) in [6.07, 6.45) is 0.815. The number of nitrogens with two attached hydrogens (primary N) is 1. The molecular weight excluding hydrogens is 488 g/mol. The topological polar surface area (TPSA) is 140 Å². The molecule has 0 aliphatic heterocycles. The van der Waals surface area contributed by atoms with Crippen LogP contribution in [0.15, 0.2) is 53.6 Å². The molecule has 0 radical (unpaired) electrons. The fraction of sp³-hybridized carbons (Fsp3) is 0.292. The minimum Gasteiger partial charge on any atom is -0.447 e. The van der Waals surface area contributed by atoms with Gasteiger partial charge in [-0.1, -0.05) is 6.07 Å². The molecular formula is C24H28N4O5S2. The van der Waals surface area contributed by atoms with Crippen molar-refractivity contribution in [3.8, 4) is 21.0 Å². The van der Waals surface area contributed by atoms with Crippen molar-refractivity contribution in [2.24, 2.45) is 5.73 Å². The first-order valence-electron chi connectivity index (χ1n) is 10.8. The summed E-state index contributed by atoms with van der Waals surface area (Å²) in [6, 6.07) is 11.4. The van der Waals surface area contributed by atoms with Crippen LogP contribution >= 0.6 is 11.3 Å². The van der Waals surface area contributed by atoms with Crippen molar-refractivity contribution in [3.63, 3.8) is 0 Å². The van der Waals surface area contributed by atoms with Gasteiger partial charge >= 0.3 is 6.09 Å². The molecule has 186 valence electrons. The van der Waals surface area contributed by atoms with Gasteiger partial charge in [0.25, 0.3) is 0 Å². The van der Waals surface area contributed by atoms with Gasteiger partial charge in [0.15, 0.2) is 0 Å². The van der Waals surface area contributed by atoms with E-state index in [-0.39, 0.29) is 16.6 Å². The van der Waals surface area contributed by atoms with Gasteiger partial charge in [-0.05, 0) is 71.0 Å². The molecule has 0 bridgehead atoms. The first kappa shape index (κ1) is 26.3. The third kappa shape index (κ3) is 6.87. The van der Waals surface area contributed by atoms with Crippen LogP contribution < -0.4 is 15.8 Å². The van der Waals surface area contributed by atoms with E-state index in [0.29, 0.717) is 21.1 Å². The zero-order valence-corrected chi connectivity index (χ0v) is 21.7. The fourth-order valence-electron chi connectivity index (χ4n) is 3.15. The number of rotatable bonds is 7. The third-order valence-electron chi connectivity index (χ3n) is 4.49. The molecule has 0 saturated carbocycles. The SMILES string of the molecule is CC(C)OC(=O)Nc1ccc(-c2ncc(-c3ccc(C(N)=O)cc3S(=O)(=O)NC(C)(C)C)s2)cc1. The number of carbonyl (C=O) groups is 2. The monoisotopic (exact) mass is 516 g/mol. The molecule has 9 nitrogen and oxygen atoms in total. The number of amides is 2. The van der Waals surface area contributed by atoms with Crippen LogP contribution in [-0.2, 0) is 14.8 Å². The maximum Gasteiger partial charge on any atom is 0.411 e. The number of sulfonamides is 1. The minimum atomic E-state index is -3.97. The second kappa shape index (κ2) is 10.1. The first-order valence-corrected chi connectivity index (χ1v) is 13.1. The predicted octanol–water partition coefficient (Wildman–Crippen LogP) is 4.61. The van der Waals surface area contributed by atoms with Crippen molar-refractivity contribution in [2.75, 3.05) is 5.32 Å². The van der Waals surface area contributed by atoms with Crippen LogP contribution in [-0.4, -0.2) is 37.0 Å². The van der Waals surface area contributed by atoms with E-state index in [1.54, 1.807) is 71.1 Å². The lowest BCUT2D eigenvalue weighted by molar-refractivity contribution is 0.1000. The highest BCUT2D eigenvalue weighted by atomic mass is 32.2. The number of thiazole rings is 1. The molecule has 0 fully saturated rings. The summed E-state index contributed by atoms with van der Waals surface area (Å²) in [5, 5.41) is 3.31. The molecule has 0 aliphatic carbocycles. The van der Waals surface area contributed by atoms with Gasteiger partial charge in [0.05, 0.1) is 15.9 Å². The van der Waals surface area contributed by atoms with Crippen LogP contribution in [0.25, 0.3) is 21.0 Å². The second-order valence-corrected chi connectivity index (χ2v) is 11.8. The lowest BCUT2D eigenvalue weighted by Gasteiger charge is -2.21. The van der Waals surface area contributed by atoms with Crippen LogP contribution in [0.2, 0.25) is 0 Å². The lowest BCUT2D eigenvalue weighted by atomic mass is 10.1. The van der Waals surface area contributed by atoms with Gasteiger partial charge in [-0.15, -0.1) is 11.3 Å². The normalized spacial score (nSPS) is 11.9. The van der Waals surface area contributed by atoms with Gasteiger partial charge in [-0.2, -0.15) is 0 Å². The van der Waals surface area contributed by atoms with Crippen LogP contribution in [0.3, 0.4) is 0 Å². The van der Waals surface area contributed by atoms with Crippen molar-refractivity contribution >= 4 is 39.0 Å². The van der Waals surface area contributed by atoms with Gasteiger partial charge in [0.1, 0.15) is 5.01 Å². The number of aromatic nitrogens is 1. The van der Waals surface area contributed by atoms with E-state index in [1.807, 2.05) is 0 Å². The Labute approximate surface area is 208 Å². The maximum atomic E-state index is 13.2. The third-order valence-corrected chi connectivity index (χ3v) is 7.37. The number of ether oxygens (including phenoxy) is 1. The largest absolute Gasteiger partial charge is 0.447 e. The maximum absolute atomic E-state index is 13.2. The molecule has 1 aromatic heterocycles. The summed E-state index contributed by atoms with van der Waals surface area (Å²) in [7, 11) is -3.97.